The zero-order chi connectivity index (χ0) is 25.2. The van der Waals surface area contributed by atoms with Crippen LogP contribution in [0.4, 0.5) is 0 Å². The van der Waals surface area contributed by atoms with Crippen molar-refractivity contribution >= 4 is 11.8 Å². The molecule has 1 fully saturated rings. The van der Waals surface area contributed by atoms with Crippen LogP contribution in [0.2, 0.25) is 0 Å². The van der Waals surface area contributed by atoms with E-state index < -0.39 is 6.04 Å². The molecule has 0 saturated heterocycles. The van der Waals surface area contributed by atoms with Crippen molar-refractivity contribution in [2.45, 2.75) is 89.5 Å². The Morgan fingerprint density at radius 3 is 2.46 bits per heavy atom. The van der Waals surface area contributed by atoms with E-state index in [0.717, 1.165) is 37.1 Å². The van der Waals surface area contributed by atoms with Gasteiger partial charge in [-0.1, -0.05) is 45.0 Å². The zero-order valence-electron chi connectivity index (χ0n) is 21.4. The van der Waals surface area contributed by atoms with Crippen LogP contribution in [0.25, 0.3) is 0 Å². The SMILES string of the molecule is COCC(=O)N1Cc2c(ncn2Cc2ccc(C(C)(C)C)cc2)CC1C(=O)NC1CCC(N)CC1. The van der Waals surface area contributed by atoms with E-state index in [2.05, 4.69) is 59.9 Å². The molecule has 35 heavy (non-hydrogen) atoms. The third-order valence-electron chi connectivity index (χ3n) is 7.30. The highest BCUT2D eigenvalue weighted by Gasteiger charge is 2.37. The number of hydrogen-bond acceptors (Lipinski definition) is 5. The van der Waals surface area contributed by atoms with Gasteiger partial charge in [-0.2, -0.15) is 0 Å². The number of methoxy groups -OCH3 is 1. The first-order chi connectivity index (χ1) is 16.7. The van der Waals surface area contributed by atoms with Gasteiger partial charge in [0, 0.05) is 32.2 Å². The lowest BCUT2D eigenvalue weighted by Crippen LogP contribution is -2.55. The maximum Gasteiger partial charge on any atom is 0.249 e. The summed E-state index contributed by atoms with van der Waals surface area (Å²) in [4.78, 5) is 32.5. The fraction of sp³-hybridized carbons (Fsp3) is 0.593. The van der Waals surface area contributed by atoms with Gasteiger partial charge in [0.15, 0.2) is 0 Å². The predicted molar refractivity (Wildman–Crippen MR) is 135 cm³/mol. The molecule has 4 rings (SSSR count). The normalized spacial score (nSPS) is 22.5. The van der Waals surface area contributed by atoms with Gasteiger partial charge in [0.25, 0.3) is 0 Å². The van der Waals surface area contributed by atoms with E-state index >= 15 is 0 Å². The molecular formula is C27H39N5O3. The molecule has 1 unspecified atom stereocenters. The topological polar surface area (TPSA) is 102 Å². The van der Waals surface area contributed by atoms with Gasteiger partial charge in [-0.05, 0) is 42.2 Å². The molecule has 2 amide bonds. The molecule has 190 valence electrons. The van der Waals surface area contributed by atoms with Gasteiger partial charge in [-0.25, -0.2) is 4.98 Å². The van der Waals surface area contributed by atoms with Crippen molar-refractivity contribution in [3.63, 3.8) is 0 Å². The third-order valence-corrected chi connectivity index (χ3v) is 7.30. The minimum Gasteiger partial charge on any atom is -0.375 e. The molecule has 1 aliphatic carbocycles. The molecule has 2 heterocycles. The van der Waals surface area contributed by atoms with E-state index in [1.165, 1.54) is 18.2 Å². The second-order valence-electron chi connectivity index (χ2n) is 11.0. The number of amides is 2. The summed E-state index contributed by atoms with van der Waals surface area (Å²) in [7, 11) is 1.50. The van der Waals surface area contributed by atoms with Crippen LogP contribution in [0.1, 0.15) is 69.0 Å². The summed E-state index contributed by atoms with van der Waals surface area (Å²) in [6.45, 7) is 7.56. The van der Waals surface area contributed by atoms with Crippen LogP contribution >= 0.6 is 0 Å². The van der Waals surface area contributed by atoms with E-state index in [0.29, 0.717) is 19.5 Å². The summed E-state index contributed by atoms with van der Waals surface area (Å²) in [6.07, 6.45) is 5.79. The molecule has 1 aromatic carbocycles. The van der Waals surface area contributed by atoms with Gasteiger partial charge in [0.05, 0.1) is 24.3 Å². The minimum atomic E-state index is -0.588. The average molecular weight is 482 g/mol. The van der Waals surface area contributed by atoms with Crippen LogP contribution in [0, 0.1) is 0 Å². The second kappa shape index (κ2) is 10.5. The highest BCUT2D eigenvalue weighted by Crippen LogP contribution is 2.26. The minimum absolute atomic E-state index is 0.0558. The van der Waals surface area contributed by atoms with E-state index in [4.69, 9.17) is 10.5 Å². The van der Waals surface area contributed by atoms with Crippen molar-refractivity contribution in [3.8, 4) is 0 Å². The maximum absolute atomic E-state index is 13.3. The summed E-state index contributed by atoms with van der Waals surface area (Å²) in [5, 5.41) is 3.17. The highest BCUT2D eigenvalue weighted by atomic mass is 16.5. The Labute approximate surface area is 208 Å². The molecule has 0 spiro atoms. The lowest BCUT2D eigenvalue weighted by molar-refractivity contribution is -0.145. The lowest BCUT2D eigenvalue weighted by atomic mass is 9.87. The van der Waals surface area contributed by atoms with Crippen molar-refractivity contribution in [2.75, 3.05) is 13.7 Å². The van der Waals surface area contributed by atoms with Crippen LogP contribution in [-0.2, 0) is 39.3 Å². The number of carbonyl (C=O) groups is 2. The fourth-order valence-corrected chi connectivity index (χ4v) is 5.07. The summed E-state index contributed by atoms with van der Waals surface area (Å²) < 4.78 is 7.21. The van der Waals surface area contributed by atoms with Gasteiger partial charge < -0.3 is 25.3 Å². The van der Waals surface area contributed by atoms with Crippen LogP contribution in [0.3, 0.4) is 0 Å². The molecule has 1 aromatic heterocycles. The van der Waals surface area contributed by atoms with E-state index in [-0.39, 0.29) is 35.9 Å². The van der Waals surface area contributed by atoms with E-state index in [1.807, 2.05) is 6.33 Å². The number of fused-ring (bicyclic) bond motifs is 1. The molecule has 2 aliphatic rings. The molecule has 1 saturated carbocycles. The first-order valence-electron chi connectivity index (χ1n) is 12.6. The van der Waals surface area contributed by atoms with Gasteiger partial charge in [0.2, 0.25) is 11.8 Å². The highest BCUT2D eigenvalue weighted by molar-refractivity contribution is 5.89. The quantitative estimate of drug-likeness (QED) is 0.660. The third kappa shape index (κ3) is 5.93. The van der Waals surface area contributed by atoms with Crippen LogP contribution < -0.4 is 11.1 Å². The largest absolute Gasteiger partial charge is 0.375 e. The Balaban J connectivity index is 1.51. The summed E-state index contributed by atoms with van der Waals surface area (Å²) >= 11 is 0. The number of rotatable bonds is 6. The number of nitrogens with one attached hydrogen (secondary N) is 1. The number of benzene rings is 1. The molecule has 1 aliphatic heterocycles. The van der Waals surface area contributed by atoms with Crippen LogP contribution in [-0.4, -0.2) is 58.1 Å². The molecule has 8 heteroatoms. The second-order valence-corrected chi connectivity index (χ2v) is 11.0. The van der Waals surface area contributed by atoms with Crippen molar-refractivity contribution in [2.24, 2.45) is 5.73 Å². The summed E-state index contributed by atoms with van der Waals surface area (Å²) in [6, 6.07) is 8.38. The lowest BCUT2D eigenvalue weighted by Gasteiger charge is -2.36. The van der Waals surface area contributed by atoms with E-state index in [9.17, 15) is 9.59 Å². The summed E-state index contributed by atoms with van der Waals surface area (Å²) in [5.74, 6) is -0.306. The zero-order valence-corrected chi connectivity index (χ0v) is 21.4. The van der Waals surface area contributed by atoms with Crippen molar-refractivity contribution < 1.29 is 14.3 Å². The Morgan fingerprint density at radius 2 is 1.83 bits per heavy atom. The maximum atomic E-state index is 13.3. The first-order valence-corrected chi connectivity index (χ1v) is 12.6. The molecule has 0 bridgehead atoms. The Hall–Kier alpha value is -2.71. The van der Waals surface area contributed by atoms with Crippen molar-refractivity contribution in [1.29, 1.82) is 0 Å². The molecular weight excluding hydrogens is 442 g/mol. The molecule has 3 N–H and O–H groups in total. The molecule has 8 nitrogen and oxygen atoms in total. The molecule has 1 atom stereocenters. The fourth-order valence-electron chi connectivity index (χ4n) is 5.07. The van der Waals surface area contributed by atoms with Crippen molar-refractivity contribution in [1.82, 2.24) is 19.8 Å². The standard InChI is InChI=1S/C27H39N5O3/c1-27(2,3)19-7-5-18(6-8-19)14-31-17-29-22-13-23(32(15-24(22)31)25(33)16-35-4)26(34)30-21-11-9-20(28)10-12-21/h5-8,17,20-21,23H,9-16,28H2,1-4H3,(H,30,34). The van der Waals surface area contributed by atoms with Crippen LogP contribution in [0.5, 0.6) is 0 Å². The number of ether oxygens (including phenoxy) is 1. The number of hydrogen-bond donors (Lipinski definition) is 2. The summed E-state index contributed by atoms with van der Waals surface area (Å²) in [5.41, 5.74) is 10.4. The van der Waals surface area contributed by atoms with Gasteiger partial charge in [0.1, 0.15) is 12.6 Å². The van der Waals surface area contributed by atoms with Gasteiger partial charge in [-0.15, -0.1) is 0 Å². The van der Waals surface area contributed by atoms with Gasteiger partial charge >= 0.3 is 0 Å². The predicted octanol–water partition coefficient (Wildman–Crippen LogP) is 2.51. The number of nitrogens with two attached hydrogens (primary N) is 1. The number of imidazole rings is 1. The molecule has 0 radical (unpaired) electrons. The Bertz CT molecular complexity index is 1030. The Kier molecular flexibility index (Phi) is 7.62. The van der Waals surface area contributed by atoms with E-state index in [1.54, 1.807) is 4.90 Å². The first kappa shape index (κ1) is 25.4. The average Bonchev–Trinajstić information content (AvgIpc) is 3.21. The number of nitrogens with zero attached hydrogens (tertiary/aromatic N) is 3. The van der Waals surface area contributed by atoms with Gasteiger partial charge in [-0.3, -0.25) is 9.59 Å². The smallest absolute Gasteiger partial charge is 0.249 e. The molecule has 2 aromatic rings. The van der Waals surface area contributed by atoms with Crippen LogP contribution in [0.15, 0.2) is 30.6 Å². The monoisotopic (exact) mass is 481 g/mol. The number of carbonyl (C=O) groups excluding carboxylic acids is 2. The van der Waals surface area contributed by atoms with Crippen molar-refractivity contribution in [3.05, 3.63) is 53.1 Å². The number of aromatic nitrogens is 2. The Morgan fingerprint density at radius 1 is 1.14 bits per heavy atom.